The van der Waals surface area contributed by atoms with Crippen molar-refractivity contribution in [2.24, 2.45) is 17.8 Å². The molecule has 3 aliphatic rings. The summed E-state index contributed by atoms with van der Waals surface area (Å²) in [4.78, 5) is 25.5. The Balaban J connectivity index is 1.61. The maximum absolute atomic E-state index is 15.9. The number of ether oxygens (including phenoxy) is 1. The molecular formula is C23H25F2N3O4. The molecule has 1 aromatic heterocycles. The van der Waals surface area contributed by atoms with Crippen LogP contribution in [0.15, 0.2) is 29.2 Å². The van der Waals surface area contributed by atoms with Crippen molar-refractivity contribution in [2.45, 2.75) is 25.3 Å². The summed E-state index contributed by atoms with van der Waals surface area (Å²) in [5.41, 5.74) is -0.945. The molecule has 2 aliphatic carbocycles. The number of allylic oxidation sites excluding steroid dienone is 1. The van der Waals surface area contributed by atoms with Crippen molar-refractivity contribution in [3.05, 3.63) is 46.3 Å². The van der Waals surface area contributed by atoms with Gasteiger partial charge in [0.1, 0.15) is 11.5 Å². The largest absolute Gasteiger partial charge is 0.511 e. The van der Waals surface area contributed by atoms with Gasteiger partial charge < -0.3 is 24.6 Å². The highest BCUT2D eigenvalue weighted by atomic mass is 19.1. The quantitative estimate of drug-likeness (QED) is 0.541. The average molecular weight is 445 g/mol. The predicted octanol–water partition coefficient (Wildman–Crippen LogP) is 3.52. The van der Waals surface area contributed by atoms with Gasteiger partial charge in [-0.3, -0.25) is 4.79 Å². The second-order valence-corrected chi connectivity index (χ2v) is 8.96. The number of carbonyl (C=O) groups is 1. The van der Waals surface area contributed by atoms with Gasteiger partial charge in [0.25, 0.3) is 0 Å². The van der Waals surface area contributed by atoms with Gasteiger partial charge in [-0.05, 0) is 50.1 Å². The number of hydrogen-bond donors (Lipinski definition) is 2. The predicted molar refractivity (Wildman–Crippen MR) is 115 cm³/mol. The van der Waals surface area contributed by atoms with Crippen LogP contribution in [-0.4, -0.2) is 42.5 Å². The van der Waals surface area contributed by atoms with E-state index in [0.717, 1.165) is 31.9 Å². The molecule has 2 heterocycles. The Kier molecular flexibility index (Phi) is 5.16. The molecule has 1 aromatic carbocycles. The average Bonchev–Trinajstić information content (AvgIpc) is 3.49. The number of fused-ring (bicyclic) bond motifs is 2. The first kappa shape index (κ1) is 20.9. The minimum absolute atomic E-state index is 0.00594. The monoisotopic (exact) mass is 445 g/mol. The molecule has 2 aromatic rings. The van der Waals surface area contributed by atoms with Crippen LogP contribution < -0.4 is 20.4 Å². The van der Waals surface area contributed by atoms with Crippen LogP contribution in [0.5, 0.6) is 5.75 Å². The summed E-state index contributed by atoms with van der Waals surface area (Å²) < 4.78 is 37.3. The highest BCUT2D eigenvalue weighted by Gasteiger charge is 2.40. The number of benzene rings is 1. The number of aromatic nitrogens is 1. The van der Waals surface area contributed by atoms with E-state index in [1.54, 1.807) is 4.90 Å². The lowest BCUT2D eigenvalue weighted by Crippen LogP contribution is -2.31. The number of halogens is 2. The SMILES string of the molecule is CNCC1C=CCC2CN(c3c(F)cc4c(=O)c(OC(=O)O)cn(C5CC5)c4c3F)CC12. The van der Waals surface area contributed by atoms with Gasteiger partial charge in [0.2, 0.25) is 5.43 Å². The second kappa shape index (κ2) is 7.88. The minimum atomic E-state index is -1.65. The fourth-order valence-electron chi connectivity index (χ4n) is 5.34. The van der Waals surface area contributed by atoms with Gasteiger partial charge in [-0.2, -0.15) is 0 Å². The van der Waals surface area contributed by atoms with E-state index in [1.807, 2.05) is 7.05 Å². The molecule has 1 saturated heterocycles. The summed E-state index contributed by atoms with van der Waals surface area (Å²) in [6, 6.07) is 0.946. The topological polar surface area (TPSA) is 83.8 Å². The van der Waals surface area contributed by atoms with Crippen LogP contribution in [0, 0.1) is 29.4 Å². The molecule has 7 nitrogen and oxygen atoms in total. The minimum Gasteiger partial charge on any atom is -0.449 e. The Hall–Kier alpha value is -2.94. The molecule has 5 rings (SSSR count). The molecule has 0 bridgehead atoms. The Morgan fingerprint density at radius 3 is 2.78 bits per heavy atom. The maximum Gasteiger partial charge on any atom is 0.511 e. The van der Waals surface area contributed by atoms with Crippen LogP contribution in [0.2, 0.25) is 0 Å². The Morgan fingerprint density at radius 1 is 1.31 bits per heavy atom. The van der Waals surface area contributed by atoms with E-state index in [0.29, 0.717) is 30.8 Å². The van der Waals surface area contributed by atoms with Crippen LogP contribution in [0.25, 0.3) is 10.9 Å². The lowest BCUT2D eigenvalue weighted by atomic mass is 9.78. The van der Waals surface area contributed by atoms with Gasteiger partial charge in [-0.25, -0.2) is 13.6 Å². The molecule has 3 unspecified atom stereocenters. The zero-order valence-corrected chi connectivity index (χ0v) is 17.7. The third kappa shape index (κ3) is 3.44. The van der Waals surface area contributed by atoms with E-state index >= 15 is 8.78 Å². The molecule has 1 aliphatic heterocycles. The van der Waals surface area contributed by atoms with Gasteiger partial charge in [0, 0.05) is 25.7 Å². The first-order valence-electron chi connectivity index (χ1n) is 10.9. The molecular weight excluding hydrogens is 420 g/mol. The standard InChI is InChI=1S/C23H25F2N3O4/c1-26-8-12-3-2-4-13-9-27(10-16(12)13)21-17(24)7-15-20(19(21)25)28(14-5-6-14)11-18(22(15)29)32-23(30)31/h2-3,7,11-14,16,26H,4-6,8-10H2,1H3,(H,30,31). The third-order valence-corrected chi connectivity index (χ3v) is 6.91. The van der Waals surface area contributed by atoms with Crippen molar-refractivity contribution in [1.29, 1.82) is 0 Å². The molecule has 170 valence electrons. The third-order valence-electron chi connectivity index (χ3n) is 6.91. The Labute approximate surface area is 183 Å². The van der Waals surface area contributed by atoms with Gasteiger partial charge in [-0.1, -0.05) is 12.2 Å². The highest BCUT2D eigenvalue weighted by molar-refractivity contribution is 5.86. The van der Waals surface area contributed by atoms with Gasteiger partial charge in [-0.15, -0.1) is 0 Å². The van der Waals surface area contributed by atoms with E-state index in [2.05, 4.69) is 22.2 Å². The summed E-state index contributed by atoms with van der Waals surface area (Å²) in [7, 11) is 1.90. The van der Waals surface area contributed by atoms with Crippen molar-refractivity contribution in [3.8, 4) is 5.75 Å². The van der Waals surface area contributed by atoms with Crippen LogP contribution in [0.3, 0.4) is 0 Å². The highest BCUT2D eigenvalue weighted by Crippen LogP contribution is 2.43. The smallest absolute Gasteiger partial charge is 0.449 e. The number of carboxylic acid groups (broad SMARTS) is 1. The van der Waals surface area contributed by atoms with Crippen molar-refractivity contribution < 1.29 is 23.4 Å². The molecule has 1 saturated carbocycles. The lowest BCUT2D eigenvalue weighted by molar-refractivity contribution is 0.143. The molecule has 3 atom stereocenters. The number of anilines is 1. The molecule has 32 heavy (non-hydrogen) atoms. The molecule has 2 fully saturated rings. The van der Waals surface area contributed by atoms with E-state index < -0.39 is 29.0 Å². The van der Waals surface area contributed by atoms with Crippen LogP contribution in [-0.2, 0) is 0 Å². The van der Waals surface area contributed by atoms with Crippen LogP contribution >= 0.6 is 0 Å². The second-order valence-electron chi connectivity index (χ2n) is 8.96. The van der Waals surface area contributed by atoms with Gasteiger partial charge in [0.15, 0.2) is 11.6 Å². The van der Waals surface area contributed by atoms with E-state index in [4.69, 9.17) is 5.11 Å². The van der Waals surface area contributed by atoms with E-state index in [-0.39, 0.29) is 22.6 Å². The van der Waals surface area contributed by atoms with Crippen LogP contribution in [0.4, 0.5) is 19.3 Å². The van der Waals surface area contributed by atoms with Crippen LogP contribution in [0.1, 0.15) is 25.3 Å². The van der Waals surface area contributed by atoms with Gasteiger partial charge >= 0.3 is 6.16 Å². The molecule has 0 amide bonds. The van der Waals surface area contributed by atoms with E-state index in [1.165, 1.54) is 10.8 Å². The summed E-state index contributed by atoms with van der Waals surface area (Å²) in [6.45, 7) is 1.89. The number of rotatable bonds is 5. The number of pyridine rings is 1. The maximum atomic E-state index is 15.9. The molecule has 2 N–H and O–H groups in total. The fourth-order valence-corrected chi connectivity index (χ4v) is 5.34. The van der Waals surface area contributed by atoms with Crippen molar-refractivity contribution >= 4 is 22.7 Å². The number of hydrogen-bond acceptors (Lipinski definition) is 5. The Bertz CT molecular complexity index is 1170. The summed E-state index contributed by atoms with van der Waals surface area (Å²) in [5, 5.41) is 11.9. The van der Waals surface area contributed by atoms with Gasteiger partial charge in [0.05, 0.1) is 17.1 Å². The van der Waals surface area contributed by atoms with E-state index in [9.17, 15) is 9.59 Å². The normalized spacial score (nSPS) is 24.7. The molecule has 9 heteroatoms. The number of nitrogens with one attached hydrogen (secondary N) is 1. The first-order chi connectivity index (χ1) is 15.4. The molecule has 0 radical (unpaired) electrons. The molecule has 0 spiro atoms. The fraction of sp³-hybridized carbons (Fsp3) is 0.478. The zero-order valence-electron chi connectivity index (χ0n) is 17.7. The van der Waals surface area contributed by atoms with Crippen molar-refractivity contribution in [3.63, 3.8) is 0 Å². The summed E-state index contributed by atoms with van der Waals surface area (Å²) in [5.74, 6) is -1.14. The van der Waals surface area contributed by atoms with Crippen molar-refractivity contribution in [2.75, 3.05) is 31.6 Å². The zero-order chi connectivity index (χ0) is 22.6. The summed E-state index contributed by atoms with van der Waals surface area (Å²) >= 11 is 0. The van der Waals surface area contributed by atoms with Crippen molar-refractivity contribution in [1.82, 2.24) is 9.88 Å². The lowest BCUT2D eigenvalue weighted by Gasteiger charge is -2.28. The number of nitrogens with zero attached hydrogens (tertiary/aromatic N) is 2. The summed E-state index contributed by atoms with van der Waals surface area (Å²) in [6.07, 6.45) is 6.32. The first-order valence-corrected chi connectivity index (χ1v) is 10.9. The Morgan fingerprint density at radius 2 is 2.09 bits per heavy atom.